The Hall–Kier alpha value is -4.14. The molecular weight excluding hydrogens is 540 g/mol. The highest BCUT2D eigenvalue weighted by Crippen LogP contribution is 2.40. The number of amides is 4. The van der Waals surface area contributed by atoms with Crippen LogP contribution in [0.4, 0.5) is 16.3 Å². The Morgan fingerprint density at radius 1 is 0.953 bits per heavy atom. The number of nitrogens with one attached hydrogen (secondary N) is 3. The molecule has 3 aliphatic rings. The van der Waals surface area contributed by atoms with E-state index in [0.717, 1.165) is 54.7 Å². The number of fused-ring (bicyclic) bond motifs is 2. The number of aryl methyl sites for hydroxylation is 1. The molecule has 3 aliphatic heterocycles. The van der Waals surface area contributed by atoms with Gasteiger partial charge in [-0.1, -0.05) is 50.6 Å². The molecule has 0 spiro atoms. The first-order valence-corrected chi connectivity index (χ1v) is 15.5. The first kappa shape index (κ1) is 29.0. The van der Waals surface area contributed by atoms with E-state index >= 15 is 0 Å². The molecule has 6 rings (SSSR count). The first-order valence-electron chi connectivity index (χ1n) is 15.5. The molecule has 4 amide bonds. The van der Waals surface area contributed by atoms with E-state index in [1.54, 1.807) is 4.68 Å². The number of hydrogen-bond acceptors (Lipinski definition) is 4. The second kappa shape index (κ2) is 11.5. The maximum atomic E-state index is 13.1. The van der Waals surface area contributed by atoms with Gasteiger partial charge in [0.1, 0.15) is 11.9 Å². The van der Waals surface area contributed by atoms with Crippen molar-refractivity contribution in [3.8, 4) is 5.69 Å². The lowest BCUT2D eigenvalue weighted by Crippen LogP contribution is -2.53. The smallest absolute Gasteiger partial charge is 0.324 e. The summed E-state index contributed by atoms with van der Waals surface area (Å²) in [6, 6.07) is 17.9. The number of nitrogens with zero attached hydrogens (tertiary/aromatic N) is 3. The molecule has 3 unspecified atom stereocenters. The molecule has 9 nitrogen and oxygen atoms in total. The van der Waals surface area contributed by atoms with E-state index in [4.69, 9.17) is 5.10 Å². The molecule has 43 heavy (non-hydrogen) atoms. The summed E-state index contributed by atoms with van der Waals surface area (Å²) in [6.45, 7) is 8.35. The molecule has 3 N–H and O–H groups in total. The Morgan fingerprint density at radius 3 is 2.23 bits per heavy atom. The van der Waals surface area contributed by atoms with Gasteiger partial charge in [0.05, 0.1) is 11.4 Å². The van der Waals surface area contributed by atoms with E-state index in [1.165, 1.54) is 5.56 Å². The number of urea groups is 1. The van der Waals surface area contributed by atoms with Gasteiger partial charge < -0.3 is 15.5 Å². The topological polar surface area (TPSA) is 108 Å². The van der Waals surface area contributed by atoms with Crippen molar-refractivity contribution in [2.24, 2.45) is 5.92 Å². The van der Waals surface area contributed by atoms with Gasteiger partial charge >= 0.3 is 6.03 Å². The van der Waals surface area contributed by atoms with Gasteiger partial charge in [-0.15, -0.1) is 0 Å². The van der Waals surface area contributed by atoms with Crippen molar-refractivity contribution in [2.75, 3.05) is 10.6 Å². The van der Waals surface area contributed by atoms with Gasteiger partial charge in [0.25, 0.3) is 0 Å². The van der Waals surface area contributed by atoms with Crippen LogP contribution in [0, 0.1) is 12.8 Å². The van der Waals surface area contributed by atoms with Crippen LogP contribution in [0.15, 0.2) is 54.6 Å². The summed E-state index contributed by atoms with van der Waals surface area (Å²) in [5, 5.41) is 13.6. The third-order valence-corrected chi connectivity index (χ3v) is 9.11. The molecular formula is C34H42N6O3. The van der Waals surface area contributed by atoms with Crippen molar-refractivity contribution in [3.05, 3.63) is 71.4 Å². The average molecular weight is 583 g/mol. The molecule has 3 fully saturated rings. The minimum Gasteiger partial charge on any atom is -0.344 e. The molecule has 3 aromatic rings. The lowest BCUT2D eigenvalue weighted by atomic mass is 9.85. The van der Waals surface area contributed by atoms with Crippen LogP contribution in [0.25, 0.3) is 5.69 Å². The van der Waals surface area contributed by atoms with Gasteiger partial charge in [-0.25, -0.2) is 9.48 Å². The fourth-order valence-electron chi connectivity index (χ4n) is 6.85. The second-order valence-corrected chi connectivity index (χ2v) is 13.5. The molecule has 2 bridgehead atoms. The van der Waals surface area contributed by atoms with Crippen molar-refractivity contribution in [1.82, 2.24) is 20.0 Å². The zero-order valence-corrected chi connectivity index (χ0v) is 25.5. The van der Waals surface area contributed by atoms with Gasteiger partial charge in [-0.2, -0.15) is 5.10 Å². The third-order valence-electron chi connectivity index (χ3n) is 9.11. The zero-order valence-electron chi connectivity index (χ0n) is 25.5. The Kier molecular flexibility index (Phi) is 7.75. The van der Waals surface area contributed by atoms with Crippen molar-refractivity contribution in [1.29, 1.82) is 0 Å². The van der Waals surface area contributed by atoms with E-state index in [9.17, 15) is 14.4 Å². The van der Waals surface area contributed by atoms with Gasteiger partial charge in [0, 0.05) is 35.7 Å². The molecule has 4 heterocycles. The second-order valence-electron chi connectivity index (χ2n) is 13.5. The highest BCUT2D eigenvalue weighted by atomic mass is 16.2. The molecule has 0 radical (unpaired) electrons. The quantitative estimate of drug-likeness (QED) is 0.346. The van der Waals surface area contributed by atoms with E-state index < -0.39 is 0 Å². The van der Waals surface area contributed by atoms with Gasteiger partial charge in [-0.05, 0) is 81.2 Å². The Bertz CT molecular complexity index is 1490. The zero-order chi connectivity index (χ0) is 30.3. The molecule has 1 aromatic heterocycles. The highest BCUT2D eigenvalue weighted by Gasteiger charge is 2.45. The van der Waals surface area contributed by atoms with Crippen LogP contribution < -0.4 is 16.0 Å². The summed E-state index contributed by atoms with van der Waals surface area (Å²) in [6.07, 6.45) is 6.10. The van der Waals surface area contributed by atoms with E-state index in [-0.39, 0.29) is 41.4 Å². The van der Waals surface area contributed by atoms with Crippen molar-refractivity contribution in [2.45, 2.75) is 96.2 Å². The van der Waals surface area contributed by atoms with Gasteiger partial charge in [0.2, 0.25) is 11.8 Å². The van der Waals surface area contributed by atoms with E-state index in [2.05, 4.69) is 53.8 Å². The fourth-order valence-corrected chi connectivity index (χ4v) is 6.85. The summed E-state index contributed by atoms with van der Waals surface area (Å²) < 4.78 is 1.78. The number of rotatable bonds is 6. The maximum absolute atomic E-state index is 13.1. The van der Waals surface area contributed by atoms with Crippen molar-refractivity contribution in [3.63, 3.8) is 0 Å². The number of carbonyl (C=O) groups excluding carboxylic acids is 3. The lowest BCUT2D eigenvalue weighted by molar-refractivity contribution is -0.139. The third kappa shape index (κ3) is 6.31. The SMILES string of the molecule is Cc1ccc(-n2nc(C(C)(C)C)cc2NC(=O)Nc2ccc(CC3CC4CCC(C3)N4C(=O)C3CCC(=O)N3)cc2)cc1. The normalized spacial score (nSPS) is 23.3. The molecule has 3 atom stereocenters. The number of aromatic nitrogens is 2. The molecule has 2 aromatic carbocycles. The minimum atomic E-state index is -0.340. The number of piperidine rings is 1. The monoisotopic (exact) mass is 582 g/mol. The van der Waals surface area contributed by atoms with Crippen LogP contribution in [0.2, 0.25) is 0 Å². The summed E-state index contributed by atoms with van der Waals surface area (Å²) in [4.78, 5) is 39.9. The predicted molar refractivity (Wildman–Crippen MR) is 167 cm³/mol. The molecule has 9 heteroatoms. The molecule has 0 saturated carbocycles. The van der Waals surface area contributed by atoms with Crippen LogP contribution in [0.5, 0.6) is 0 Å². The van der Waals surface area contributed by atoms with Crippen LogP contribution in [-0.2, 0) is 21.4 Å². The minimum absolute atomic E-state index is 0.0143. The standard InChI is InChI=1S/C34H42N6O3/c1-21-5-11-25(12-6-21)40-30(20-29(38-40)34(2,3)4)37-33(43)35-24-9-7-22(8-10-24)17-23-18-26-13-14-27(19-23)39(26)32(42)28-15-16-31(41)36-28/h5-12,20,23,26-28H,13-19H2,1-4H3,(H,36,41)(H2,35,37,43). The average Bonchev–Trinajstić information content (AvgIpc) is 3.66. The van der Waals surface area contributed by atoms with E-state index in [0.29, 0.717) is 24.6 Å². The van der Waals surface area contributed by atoms with Crippen LogP contribution in [-0.4, -0.2) is 50.7 Å². The predicted octanol–water partition coefficient (Wildman–Crippen LogP) is 5.71. The largest absolute Gasteiger partial charge is 0.344 e. The highest BCUT2D eigenvalue weighted by molar-refractivity contribution is 5.99. The number of benzene rings is 2. The van der Waals surface area contributed by atoms with Crippen LogP contribution in [0.3, 0.4) is 0 Å². The first-order chi connectivity index (χ1) is 20.5. The van der Waals surface area contributed by atoms with Crippen LogP contribution in [0.1, 0.15) is 76.1 Å². The van der Waals surface area contributed by atoms with Crippen molar-refractivity contribution >= 4 is 29.4 Å². The van der Waals surface area contributed by atoms with Crippen LogP contribution >= 0.6 is 0 Å². The number of hydrogen-bond donors (Lipinski definition) is 3. The maximum Gasteiger partial charge on any atom is 0.324 e. The summed E-state index contributed by atoms with van der Waals surface area (Å²) in [5.74, 6) is 1.22. The lowest BCUT2D eigenvalue weighted by Gasteiger charge is -2.40. The molecule has 226 valence electrons. The summed E-state index contributed by atoms with van der Waals surface area (Å²) in [7, 11) is 0. The Morgan fingerprint density at radius 2 is 1.63 bits per heavy atom. The fraction of sp³-hybridized carbons (Fsp3) is 0.471. The number of carbonyl (C=O) groups is 3. The van der Waals surface area contributed by atoms with Gasteiger partial charge in [0.15, 0.2) is 0 Å². The Balaban J connectivity index is 1.06. The van der Waals surface area contributed by atoms with Crippen molar-refractivity contribution < 1.29 is 14.4 Å². The Labute approximate surface area is 253 Å². The van der Waals surface area contributed by atoms with Gasteiger partial charge in [-0.3, -0.25) is 14.9 Å². The summed E-state index contributed by atoms with van der Waals surface area (Å²) >= 11 is 0. The molecule has 3 saturated heterocycles. The number of anilines is 2. The summed E-state index contributed by atoms with van der Waals surface area (Å²) in [5.41, 5.74) is 4.71. The van der Waals surface area contributed by atoms with E-state index in [1.807, 2.05) is 49.4 Å². The molecule has 0 aliphatic carbocycles.